The highest BCUT2D eigenvalue weighted by Crippen LogP contribution is 2.19. The Kier molecular flexibility index (Phi) is 5.10. The highest BCUT2D eigenvalue weighted by molar-refractivity contribution is 4.85. The largest absolute Gasteiger partial charge is 0.378 e. The fourth-order valence-corrected chi connectivity index (χ4v) is 3.27. The molecule has 110 valence electrons. The van der Waals surface area contributed by atoms with Gasteiger partial charge in [-0.3, -0.25) is 4.90 Å². The summed E-state index contributed by atoms with van der Waals surface area (Å²) in [7, 11) is 0. The molecular weight excluding hydrogens is 238 g/mol. The third-order valence-corrected chi connectivity index (χ3v) is 4.69. The molecule has 0 radical (unpaired) electrons. The van der Waals surface area contributed by atoms with Crippen LogP contribution in [0.2, 0.25) is 0 Å². The van der Waals surface area contributed by atoms with Crippen LogP contribution in [-0.2, 0) is 4.74 Å². The first-order chi connectivity index (χ1) is 9.42. The molecular formula is C15H29N3O. The summed E-state index contributed by atoms with van der Waals surface area (Å²) in [6.07, 6.45) is 6.89. The zero-order chi connectivity index (χ0) is 12.9. The van der Waals surface area contributed by atoms with Gasteiger partial charge in [0.1, 0.15) is 0 Å². The van der Waals surface area contributed by atoms with Crippen molar-refractivity contribution in [1.82, 2.24) is 15.1 Å². The monoisotopic (exact) mass is 267 g/mol. The Hall–Kier alpha value is -0.160. The quantitative estimate of drug-likeness (QED) is 0.742. The van der Waals surface area contributed by atoms with Gasteiger partial charge in [0.2, 0.25) is 0 Å². The molecule has 19 heavy (non-hydrogen) atoms. The van der Waals surface area contributed by atoms with Crippen LogP contribution in [0, 0.1) is 0 Å². The minimum absolute atomic E-state index is 0.605. The molecule has 1 aliphatic carbocycles. The van der Waals surface area contributed by atoms with Crippen LogP contribution in [0.15, 0.2) is 0 Å². The maximum absolute atomic E-state index is 5.65. The van der Waals surface area contributed by atoms with Gasteiger partial charge in [-0.05, 0) is 58.3 Å². The lowest BCUT2D eigenvalue weighted by atomic mass is 10.2. The Balaban J connectivity index is 1.35. The smallest absolute Gasteiger partial charge is 0.0634 e. The fraction of sp³-hybridized carbons (Fsp3) is 1.00. The van der Waals surface area contributed by atoms with Crippen molar-refractivity contribution in [2.45, 2.75) is 44.2 Å². The lowest BCUT2D eigenvalue weighted by Crippen LogP contribution is -2.51. The third-order valence-electron chi connectivity index (χ3n) is 4.69. The number of likely N-dealkylation sites (tertiary alicyclic amines) is 1. The summed E-state index contributed by atoms with van der Waals surface area (Å²) in [6.45, 7) is 9.28. The van der Waals surface area contributed by atoms with E-state index in [9.17, 15) is 0 Å². The van der Waals surface area contributed by atoms with E-state index in [1.165, 1.54) is 58.3 Å². The summed E-state index contributed by atoms with van der Waals surface area (Å²) in [4.78, 5) is 5.27. The molecule has 2 aliphatic heterocycles. The summed E-state index contributed by atoms with van der Waals surface area (Å²) < 4.78 is 5.65. The van der Waals surface area contributed by atoms with Crippen LogP contribution in [0.4, 0.5) is 0 Å². The van der Waals surface area contributed by atoms with Crippen LogP contribution in [0.1, 0.15) is 32.1 Å². The lowest BCUT2D eigenvalue weighted by Gasteiger charge is -2.36. The normalized spacial score (nSPS) is 30.0. The molecule has 0 aromatic rings. The number of hydrogen-bond acceptors (Lipinski definition) is 4. The summed E-state index contributed by atoms with van der Waals surface area (Å²) in [6, 6.07) is 1.42. The van der Waals surface area contributed by atoms with Crippen LogP contribution in [0.25, 0.3) is 0 Å². The highest BCUT2D eigenvalue weighted by atomic mass is 16.5. The molecule has 1 saturated carbocycles. The van der Waals surface area contributed by atoms with Gasteiger partial charge in [0.15, 0.2) is 0 Å². The highest BCUT2D eigenvalue weighted by Gasteiger charge is 2.26. The molecule has 3 rings (SSSR count). The molecule has 0 aromatic carbocycles. The van der Waals surface area contributed by atoms with E-state index < -0.39 is 0 Å². The van der Waals surface area contributed by atoms with E-state index in [1.807, 2.05) is 0 Å². The number of morpholine rings is 1. The Morgan fingerprint density at radius 2 is 1.89 bits per heavy atom. The summed E-state index contributed by atoms with van der Waals surface area (Å²) in [5.74, 6) is 0. The predicted molar refractivity (Wildman–Crippen MR) is 77.5 cm³/mol. The average molecular weight is 267 g/mol. The Morgan fingerprint density at radius 3 is 2.68 bits per heavy atom. The molecule has 1 atom stereocenters. The molecule has 0 bridgehead atoms. The van der Waals surface area contributed by atoms with Crippen LogP contribution >= 0.6 is 0 Å². The number of nitrogens with one attached hydrogen (secondary N) is 1. The van der Waals surface area contributed by atoms with E-state index in [4.69, 9.17) is 4.74 Å². The van der Waals surface area contributed by atoms with Crippen molar-refractivity contribution in [3.8, 4) is 0 Å². The van der Waals surface area contributed by atoms with Gasteiger partial charge in [0, 0.05) is 25.2 Å². The number of rotatable bonds is 7. The Labute approximate surface area is 117 Å². The minimum Gasteiger partial charge on any atom is -0.378 e. The molecule has 1 N–H and O–H groups in total. The van der Waals surface area contributed by atoms with Gasteiger partial charge in [-0.15, -0.1) is 0 Å². The van der Waals surface area contributed by atoms with Crippen LogP contribution in [0.3, 0.4) is 0 Å². The van der Waals surface area contributed by atoms with E-state index in [1.54, 1.807) is 0 Å². The summed E-state index contributed by atoms with van der Waals surface area (Å²) in [5.41, 5.74) is 0. The number of nitrogens with zero attached hydrogens (tertiary/aromatic N) is 2. The van der Waals surface area contributed by atoms with Crippen molar-refractivity contribution in [3.05, 3.63) is 0 Å². The first-order valence-corrected chi connectivity index (χ1v) is 8.19. The van der Waals surface area contributed by atoms with Gasteiger partial charge in [0.25, 0.3) is 0 Å². The Bertz CT molecular complexity index is 264. The first kappa shape index (κ1) is 13.8. The molecule has 3 fully saturated rings. The van der Waals surface area contributed by atoms with Crippen molar-refractivity contribution in [2.75, 3.05) is 52.5 Å². The lowest BCUT2D eigenvalue weighted by molar-refractivity contribution is -0.00807. The van der Waals surface area contributed by atoms with Crippen LogP contribution < -0.4 is 5.32 Å². The van der Waals surface area contributed by atoms with E-state index in [0.29, 0.717) is 6.04 Å². The van der Waals surface area contributed by atoms with Crippen LogP contribution in [-0.4, -0.2) is 74.4 Å². The topological polar surface area (TPSA) is 27.7 Å². The second kappa shape index (κ2) is 7.02. The van der Waals surface area contributed by atoms with Gasteiger partial charge in [0.05, 0.1) is 13.2 Å². The molecule has 3 aliphatic rings. The second-order valence-corrected chi connectivity index (χ2v) is 6.35. The van der Waals surface area contributed by atoms with Crippen molar-refractivity contribution >= 4 is 0 Å². The Morgan fingerprint density at radius 1 is 1.05 bits per heavy atom. The van der Waals surface area contributed by atoms with E-state index >= 15 is 0 Å². The van der Waals surface area contributed by atoms with Crippen molar-refractivity contribution in [1.29, 1.82) is 0 Å². The van der Waals surface area contributed by atoms with E-state index in [2.05, 4.69) is 15.1 Å². The molecule has 2 saturated heterocycles. The molecule has 4 heteroatoms. The maximum atomic E-state index is 5.65. The summed E-state index contributed by atoms with van der Waals surface area (Å²) >= 11 is 0. The molecule has 0 aromatic heterocycles. The standard InChI is InChI=1S/C15H29N3O/c1-2-7-17(6-1)8-3-9-18-10-11-19-13-15(18)12-16-14-4-5-14/h14-16H,1-13H2. The van der Waals surface area contributed by atoms with Crippen LogP contribution in [0.5, 0.6) is 0 Å². The third kappa shape index (κ3) is 4.42. The van der Waals surface area contributed by atoms with Gasteiger partial charge < -0.3 is 15.0 Å². The fourth-order valence-electron chi connectivity index (χ4n) is 3.27. The van der Waals surface area contributed by atoms with Gasteiger partial charge in [-0.2, -0.15) is 0 Å². The molecule has 2 heterocycles. The summed E-state index contributed by atoms with van der Waals surface area (Å²) in [5, 5.41) is 3.66. The SMILES string of the molecule is C1CCN(CCCN2CCOCC2CNC2CC2)C1. The van der Waals surface area contributed by atoms with Gasteiger partial charge in [-0.25, -0.2) is 0 Å². The number of hydrogen-bond donors (Lipinski definition) is 1. The van der Waals surface area contributed by atoms with Crippen molar-refractivity contribution < 1.29 is 4.74 Å². The van der Waals surface area contributed by atoms with Crippen molar-refractivity contribution in [3.63, 3.8) is 0 Å². The van der Waals surface area contributed by atoms with Crippen molar-refractivity contribution in [2.24, 2.45) is 0 Å². The average Bonchev–Trinajstić information content (AvgIpc) is 3.13. The zero-order valence-corrected chi connectivity index (χ0v) is 12.1. The molecule has 0 amide bonds. The number of ether oxygens (including phenoxy) is 1. The second-order valence-electron chi connectivity index (χ2n) is 6.35. The van der Waals surface area contributed by atoms with Gasteiger partial charge in [-0.1, -0.05) is 0 Å². The first-order valence-electron chi connectivity index (χ1n) is 8.19. The minimum atomic E-state index is 0.605. The zero-order valence-electron chi connectivity index (χ0n) is 12.1. The molecule has 0 spiro atoms. The molecule has 1 unspecified atom stereocenters. The predicted octanol–water partition coefficient (Wildman–Crippen LogP) is 0.925. The van der Waals surface area contributed by atoms with E-state index in [-0.39, 0.29) is 0 Å². The maximum Gasteiger partial charge on any atom is 0.0634 e. The van der Waals surface area contributed by atoms with E-state index in [0.717, 1.165) is 32.3 Å². The van der Waals surface area contributed by atoms with Gasteiger partial charge >= 0.3 is 0 Å². The molecule has 4 nitrogen and oxygen atoms in total.